The summed E-state index contributed by atoms with van der Waals surface area (Å²) in [6.07, 6.45) is 25.1. The minimum absolute atomic E-state index is 0. The molecular weight excluding hydrogens is 764 g/mol. The fourth-order valence-electron chi connectivity index (χ4n) is 6.84. The van der Waals surface area contributed by atoms with Crippen molar-refractivity contribution in [3.63, 3.8) is 0 Å². The van der Waals surface area contributed by atoms with E-state index in [0.29, 0.717) is 12.8 Å². The molecule has 0 saturated carbocycles. The molecule has 0 bridgehead atoms. The van der Waals surface area contributed by atoms with E-state index in [0.717, 1.165) is 57.8 Å². The monoisotopic (exact) mass is 843 g/mol. The van der Waals surface area contributed by atoms with Crippen molar-refractivity contribution in [3.8, 4) is 0 Å². The summed E-state index contributed by atoms with van der Waals surface area (Å²) >= 11 is 0. The van der Waals surface area contributed by atoms with Crippen molar-refractivity contribution < 1.29 is 86.4 Å². The predicted octanol–water partition coefficient (Wildman–Crippen LogP) is 5.33. The standard InChI is InChI=1S/C43H80O12S.Na/c1-3-5-7-9-11-13-15-17-18-20-21-23-25-27-29-31-38(44)52-33-36(34-53-43-42(48)41(47)40(46)37(55-43)35-56(49,50)51)54-39(45)32-30-28-26-24-22-19-16-14-12-10-8-6-4-2;/h17-18,36-37,40-43,46-48H,3-16,19-35H2,1-2H3,(H,49,50,51);/q;+1/p-1/b18-17+;/t36?,37-,40-,41+,42-,43+;/m1./s1. The molecule has 0 spiro atoms. The van der Waals surface area contributed by atoms with E-state index in [9.17, 15) is 37.9 Å². The summed E-state index contributed by atoms with van der Waals surface area (Å²) < 4.78 is 55.8. The maximum Gasteiger partial charge on any atom is 1.00 e. The number of rotatable bonds is 37. The van der Waals surface area contributed by atoms with Crippen molar-refractivity contribution in [3.05, 3.63) is 12.2 Å². The average molecular weight is 843 g/mol. The molecule has 6 atom stereocenters. The Morgan fingerprint density at radius 3 is 1.49 bits per heavy atom. The van der Waals surface area contributed by atoms with Crippen LogP contribution in [0.25, 0.3) is 0 Å². The molecule has 1 saturated heterocycles. The molecule has 0 aromatic heterocycles. The van der Waals surface area contributed by atoms with Gasteiger partial charge in [0.1, 0.15) is 31.0 Å². The Kier molecular flexibility index (Phi) is 36.8. The van der Waals surface area contributed by atoms with Crippen LogP contribution in [0.4, 0.5) is 0 Å². The van der Waals surface area contributed by atoms with Gasteiger partial charge in [-0.2, -0.15) is 0 Å². The second-order valence-electron chi connectivity index (χ2n) is 15.7. The maximum atomic E-state index is 12.8. The number of hydrogen-bond acceptors (Lipinski definition) is 12. The molecule has 0 aromatic rings. The third-order valence-corrected chi connectivity index (χ3v) is 11.1. The van der Waals surface area contributed by atoms with Crippen molar-refractivity contribution in [1.82, 2.24) is 0 Å². The van der Waals surface area contributed by atoms with E-state index in [2.05, 4.69) is 26.0 Å². The van der Waals surface area contributed by atoms with Gasteiger partial charge < -0.3 is 38.8 Å². The quantitative estimate of drug-likeness (QED) is 0.0240. The Morgan fingerprint density at radius 2 is 1.04 bits per heavy atom. The fourth-order valence-corrected chi connectivity index (χ4v) is 7.52. The number of unbranched alkanes of at least 4 members (excludes halogenated alkanes) is 23. The SMILES string of the molecule is CCCCCCCC/C=C/CCCCCCCC(=O)OCC(CO[C@H]1O[C@H](CS(=O)(=O)[O-])[C@@H](O)[C@H](O)[C@H]1O)OC(=O)CCCCCCCCCCCCCCC.[Na+]. The number of aliphatic hydroxyl groups excluding tert-OH is 3. The van der Waals surface area contributed by atoms with Gasteiger partial charge in [0.25, 0.3) is 0 Å². The van der Waals surface area contributed by atoms with Gasteiger partial charge in [-0.15, -0.1) is 0 Å². The van der Waals surface area contributed by atoms with Crippen LogP contribution in [0.5, 0.6) is 0 Å². The fraction of sp³-hybridized carbons (Fsp3) is 0.907. The molecule has 1 fully saturated rings. The summed E-state index contributed by atoms with van der Waals surface area (Å²) in [4.78, 5) is 25.3. The molecule has 330 valence electrons. The van der Waals surface area contributed by atoms with Crippen LogP contribution < -0.4 is 29.6 Å². The molecule has 12 nitrogen and oxygen atoms in total. The molecule has 3 N–H and O–H groups in total. The summed E-state index contributed by atoms with van der Waals surface area (Å²) in [7, 11) is -4.85. The van der Waals surface area contributed by atoms with E-state index in [1.54, 1.807) is 0 Å². The van der Waals surface area contributed by atoms with Crippen LogP contribution >= 0.6 is 0 Å². The summed E-state index contributed by atoms with van der Waals surface area (Å²) in [5.41, 5.74) is 0. The largest absolute Gasteiger partial charge is 1.00 e. The number of hydrogen-bond donors (Lipinski definition) is 3. The van der Waals surface area contributed by atoms with Gasteiger partial charge in [0.05, 0.1) is 22.5 Å². The Morgan fingerprint density at radius 1 is 0.614 bits per heavy atom. The van der Waals surface area contributed by atoms with Gasteiger partial charge in [-0.25, -0.2) is 8.42 Å². The molecule has 1 rings (SSSR count). The molecule has 1 aliphatic rings. The van der Waals surface area contributed by atoms with Crippen LogP contribution in [0.3, 0.4) is 0 Å². The summed E-state index contributed by atoms with van der Waals surface area (Å²) in [6, 6.07) is 0. The molecule has 0 aromatic carbocycles. The van der Waals surface area contributed by atoms with Crippen LogP contribution in [0.1, 0.15) is 194 Å². The van der Waals surface area contributed by atoms with Crippen LogP contribution in [-0.2, 0) is 38.7 Å². The smallest absolute Gasteiger partial charge is 0.748 e. The van der Waals surface area contributed by atoms with Crippen molar-refractivity contribution in [2.24, 2.45) is 0 Å². The number of carbonyl (C=O) groups is 2. The summed E-state index contributed by atoms with van der Waals surface area (Å²) in [5.74, 6) is -2.11. The number of allylic oxidation sites excluding steroid dienone is 2. The maximum absolute atomic E-state index is 12.8. The second kappa shape index (κ2) is 37.2. The second-order valence-corrected chi connectivity index (χ2v) is 17.1. The molecule has 1 aliphatic heterocycles. The van der Waals surface area contributed by atoms with E-state index in [-0.39, 0.29) is 49.0 Å². The Balaban J connectivity index is 0.0000314. The zero-order valence-electron chi connectivity index (χ0n) is 36.0. The number of aliphatic hydroxyl groups is 3. The van der Waals surface area contributed by atoms with Gasteiger partial charge in [0, 0.05) is 12.8 Å². The van der Waals surface area contributed by atoms with Crippen LogP contribution in [0, 0.1) is 0 Å². The van der Waals surface area contributed by atoms with Crippen LogP contribution in [0.2, 0.25) is 0 Å². The van der Waals surface area contributed by atoms with E-state index in [1.807, 2.05) is 0 Å². The van der Waals surface area contributed by atoms with Gasteiger partial charge in [0.2, 0.25) is 0 Å². The third-order valence-electron chi connectivity index (χ3n) is 10.3. The molecular formula is C43H79NaO12S. The summed E-state index contributed by atoms with van der Waals surface area (Å²) in [5, 5.41) is 30.8. The first-order valence-electron chi connectivity index (χ1n) is 22.2. The molecule has 14 heteroatoms. The minimum Gasteiger partial charge on any atom is -0.748 e. The van der Waals surface area contributed by atoms with Crippen molar-refractivity contribution in [1.29, 1.82) is 0 Å². The number of carbonyl (C=O) groups excluding carboxylic acids is 2. The van der Waals surface area contributed by atoms with Gasteiger partial charge in [0.15, 0.2) is 12.4 Å². The zero-order valence-corrected chi connectivity index (χ0v) is 38.8. The summed E-state index contributed by atoms with van der Waals surface area (Å²) in [6.45, 7) is 3.72. The third kappa shape index (κ3) is 31.9. The topological polar surface area (TPSA) is 189 Å². The van der Waals surface area contributed by atoms with Gasteiger partial charge in [-0.1, -0.05) is 154 Å². The van der Waals surface area contributed by atoms with Crippen LogP contribution in [0.15, 0.2) is 12.2 Å². The molecule has 57 heavy (non-hydrogen) atoms. The van der Waals surface area contributed by atoms with Crippen molar-refractivity contribution in [2.75, 3.05) is 19.0 Å². The first kappa shape index (κ1) is 56.4. The minimum atomic E-state index is -4.85. The Labute approximate surface area is 368 Å². The van der Waals surface area contributed by atoms with E-state index < -0.39 is 71.2 Å². The van der Waals surface area contributed by atoms with Gasteiger partial charge >= 0.3 is 41.5 Å². The van der Waals surface area contributed by atoms with Crippen molar-refractivity contribution >= 4 is 22.1 Å². The molecule has 1 unspecified atom stereocenters. The zero-order chi connectivity index (χ0) is 41.3. The first-order valence-corrected chi connectivity index (χ1v) is 23.8. The van der Waals surface area contributed by atoms with Gasteiger partial charge in [-0.3, -0.25) is 9.59 Å². The van der Waals surface area contributed by atoms with E-state index >= 15 is 0 Å². The number of esters is 2. The van der Waals surface area contributed by atoms with E-state index in [1.165, 1.54) is 96.3 Å². The molecule has 1 heterocycles. The first-order chi connectivity index (χ1) is 27.0. The predicted molar refractivity (Wildman–Crippen MR) is 218 cm³/mol. The Hall–Kier alpha value is -0.610. The number of ether oxygens (including phenoxy) is 4. The average Bonchev–Trinajstić information content (AvgIpc) is 3.16. The molecule has 0 amide bonds. The molecule has 0 aliphatic carbocycles. The van der Waals surface area contributed by atoms with Gasteiger partial charge in [-0.05, 0) is 38.5 Å². The van der Waals surface area contributed by atoms with Crippen molar-refractivity contribution in [2.45, 2.75) is 230 Å². The van der Waals surface area contributed by atoms with E-state index in [4.69, 9.17) is 18.9 Å². The molecule has 0 radical (unpaired) electrons. The normalized spacial score (nSPS) is 20.4. The Bertz CT molecular complexity index is 1110. The van der Waals surface area contributed by atoms with Crippen LogP contribution in [-0.4, -0.2) is 96.0 Å².